The van der Waals surface area contributed by atoms with Crippen molar-refractivity contribution in [3.63, 3.8) is 0 Å². The van der Waals surface area contributed by atoms with Crippen molar-refractivity contribution in [2.45, 2.75) is 262 Å². The lowest BCUT2D eigenvalue weighted by atomic mass is 9.71. The Morgan fingerprint density at radius 1 is 0.357 bits per heavy atom. The number of hydrogen-bond acceptors (Lipinski definition) is 10. The molecule has 9 saturated heterocycles. The summed E-state index contributed by atoms with van der Waals surface area (Å²) in [7, 11) is 18.1. The van der Waals surface area contributed by atoms with Crippen LogP contribution in [0.4, 0.5) is 0 Å². The Kier molecular flexibility index (Phi) is 25.7. The molecule has 22 atom stereocenters. The van der Waals surface area contributed by atoms with Crippen LogP contribution in [-0.2, 0) is 30.4 Å². The number of benzene rings is 4. The monoisotopic (exact) mass is 1360 g/mol. The van der Waals surface area contributed by atoms with Gasteiger partial charge in [-0.3, -0.25) is 29.4 Å². The standard InChI is InChI=1S/C14H19N.2C13H17N.C11H21N.C11H15N.C10H19N.C8H15NO.C8H15NS/c1-10-9-12-8-7-11-5-3-4-6-13(11)14(12)15(10)2;1-9-7-11-8-10-5-3-4-6-12(10)13(11)14(9)2;1-9-7-12-11-6-4-3-5-10(11)8-13(12)14(9)2;2*1-9-11-6-4-3-5-10(11)7-8-12(9)2;1-8-10-6-4-3-5-9(10)7-11(8)2;2*1-6-3-7-4-10-5-8(7)9(6)2/h3-6,10,12,14H,7-9H2,1-2H3;3-6,9,11,13H,7-8H2,1-2H3;3-6,9,12-13H,7-8H2,1-2H3;9-11H,3-8H2,1-2H3;3-6,9H,7-8H2,1-2H3;8-10H,3-7H2,1-2H3;2*6-8H,3-5H2,1-2H3. The molecule has 15 aliphatic rings. The minimum atomic E-state index is 0.593. The molecule has 11 fully saturated rings. The molecule has 0 spiro atoms. The molecule has 0 radical (unpaired) electrons. The largest absolute Gasteiger partial charge is 0.379 e. The fourth-order valence-electron chi connectivity index (χ4n) is 22.4. The number of rotatable bonds is 0. The fourth-order valence-corrected chi connectivity index (χ4v) is 23.9. The van der Waals surface area contributed by atoms with Gasteiger partial charge in [-0.2, -0.15) is 11.8 Å². The molecule has 10 heterocycles. The lowest BCUT2D eigenvalue weighted by molar-refractivity contribution is 0.0509. The molecule has 0 amide bonds. The van der Waals surface area contributed by atoms with Crippen LogP contribution in [-0.4, -0.2) is 200 Å². The van der Waals surface area contributed by atoms with Crippen molar-refractivity contribution in [2.75, 3.05) is 101 Å². The third-order valence-corrected chi connectivity index (χ3v) is 30.8. The highest BCUT2D eigenvalue weighted by molar-refractivity contribution is 7.99. The Morgan fingerprint density at radius 2 is 0.847 bits per heavy atom. The summed E-state index contributed by atoms with van der Waals surface area (Å²) in [5.74, 6) is 11.4. The lowest BCUT2D eigenvalue weighted by Crippen LogP contribution is -2.46. The predicted molar refractivity (Wildman–Crippen MR) is 417 cm³/mol. The normalized spacial score (nSPS) is 38.8. The zero-order valence-corrected chi connectivity index (χ0v) is 65.5. The number of aryl methyl sites for hydroxylation is 1. The Hall–Kier alpha value is -3.13. The first-order chi connectivity index (χ1) is 47.3. The zero-order chi connectivity index (χ0) is 69.1. The van der Waals surface area contributed by atoms with Crippen molar-refractivity contribution in [2.24, 2.45) is 47.3 Å². The van der Waals surface area contributed by atoms with E-state index in [9.17, 15) is 0 Å². The molecule has 0 N–H and O–H groups in total. The average molecular weight is 1360 g/mol. The van der Waals surface area contributed by atoms with E-state index in [2.05, 4.69) is 260 Å². The van der Waals surface area contributed by atoms with Crippen LogP contribution in [0.2, 0.25) is 0 Å². The van der Waals surface area contributed by atoms with Crippen LogP contribution < -0.4 is 0 Å². The quantitative estimate of drug-likeness (QED) is 0.170. The van der Waals surface area contributed by atoms with Crippen LogP contribution in [0.3, 0.4) is 0 Å². The van der Waals surface area contributed by atoms with Gasteiger partial charge in [0.2, 0.25) is 0 Å². The third-order valence-electron chi connectivity index (χ3n) is 29.5. The molecule has 10 aliphatic heterocycles. The van der Waals surface area contributed by atoms with Gasteiger partial charge in [-0.15, -0.1) is 0 Å². The molecule has 0 aromatic heterocycles. The predicted octanol–water partition coefficient (Wildman–Crippen LogP) is 17.1. The minimum Gasteiger partial charge on any atom is -0.379 e. The van der Waals surface area contributed by atoms with Crippen molar-refractivity contribution >= 4 is 11.8 Å². The highest BCUT2D eigenvalue weighted by atomic mass is 32.2. The molecule has 9 nitrogen and oxygen atoms in total. The highest BCUT2D eigenvalue weighted by Gasteiger charge is 2.46. The number of thioether (sulfide) groups is 1. The van der Waals surface area contributed by atoms with E-state index in [4.69, 9.17) is 4.74 Å². The Balaban J connectivity index is 0.000000107. The van der Waals surface area contributed by atoms with Crippen molar-refractivity contribution in [3.8, 4) is 0 Å². The second kappa shape index (κ2) is 33.8. The molecule has 542 valence electrons. The van der Waals surface area contributed by atoms with Gasteiger partial charge in [0, 0.05) is 109 Å². The van der Waals surface area contributed by atoms with E-state index in [1.54, 1.807) is 33.4 Å². The molecule has 2 saturated carbocycles. The molecule has 5 aliphatic carbocycles. The summed E-state index contributed by atoms with van der Waals surface area (Å²) in [6.45, 7) is 24.7. The van der Waals surface area contributed by atoms with E-state index in [1.165, 1.54) is 164 Å². The maximum Gasteiger partial charge on any atom is 0.0625 e. The second-order valence-corrected chi connectivity index (χ2v) is 35.9. The topological polar surface area (TPSA) is 35.2 Å². The van der Waals surface area contributed by atoms with E-state index in [0.717, 1.165) is 127 Å². The number of hydrogen-bond donors (Lipinski definition) is 0. The van der Waals surface area contributed by atoms with Gasteiger partial charge in [0.05, 0.1) is 13.2 Å². The zero-order valence-electron chi connectivity index (χ0n) is 64.7. The maximum absolute atomic E-state index is 5.39. The first kappa shape index (κ1) is 74.6. The van der Waals surface area contributed by atoms with Gasteiger partial charge < -0.3 is 14.5 Å². The molecule has 4 aromatic rings. The Morgan fingerprint density at radius 3 is 1.50 bits per heavy atom. The number of piperidine rings is 1. The van der Waals surface area contributed by atoms with Gasteiger partial charge >= 0.3 is 0 Å². The van der Waals surface area contributed by atoms with Gasteiger partial charge in [-0.1, -0.05) is 129 Å². The summed E-state index contributed by atoms with van der Waals surface area (Å²) < 4.78 is 5.39. The van der Waals surface area contributed by atoms with Crippen molar-refractivity contribution in [1.29, 1.82) is 0 Å². The molecule has 22 unspecified atom stereocenters. The maximum atomic E-state index is 5.39. The number of likely N-dealkylation sites (tertiary alicyclic amines) is 7. The molecular formula is C88H138N8OS. The third kappa shape index (κ3) is 16.5. The first-order valence-electron chi connectivity index (χ1n) is 40.4. The van der Waals surface area contributed by atoms with Crippen LogP contribution in [0.15, 0.2) is 97.1 Å². The molecule has 0 bridgehead atoms. The van der Waals surface area contributed by atoms with Gasteiger partial charge in [0.1, 0.15) is 0 Å². The summed E-state index contributed by atoms with van der Waals surface area (Å²) in [5.41, 5.74) is 12.6. The number of ether oxygens (including phenoxy) is 1. The SMILES string of the molecule is CC1C2CCCCC2CCN1C.CC1C2CCCCC2CN1C.CC1CC2CCc3ccccc3C2N1C.CC1CC2COCC2N1C.CC1CC2CSCC2N1C.CC1CC2Cc3ccccc3C2N1C.CC1CC2c3ccccc3CC2N1C.CC1c2ccccc2CCN1C. The number of fused-ring (bicyclic) bond motifs is 14. The van der Waals surface area contributed by atoms with Crippen molar-refractivity contribution in [3.05, 3.63) is 142 Å². The minimum absolute atomic E-state index is 0.593. The van der Waals surface area contributed by atoms with Crippen molar-refractivity contribution in [1.82, 2.24) is 39.2 Å². The Labute approximate surface area is 603 Å². The first-order valence-corrected chi connectivity index (χ1v) is 41.6. The van der Waals surface area contributed by atoms with E-state index in [0.29, 0.717) is 18.1 Å². The molecule has 4 aromatic carbocycles. The van der Waals surface area contributed by atoms with Crippen molar-refractivity contribution < 1.29 is 4.74 Å². The summed E-state index contributed by atoms with van der Waals surface area (Å²) >= 11 is 2.13. The van der Waals surface area contributed by atoms with Crippen LogP contribution in [0.25, 0.3) is 0 Å². The fraction of sp³-hybridized carbons (Fsp3) is 0.727. The van der Waals surface area contributed by atoms with Gasteiger partial charge in [-0.25, -0.2) is 0 Å². The average Bonchev–Trinajstić information content (AvgIpc) is 1.61. The van der Waals surface area contributed by atoms with E-state index in [1.807, 2.05) is 0 Å². The van der Waals surface area contributed by atoms with Crippen LogP contribution >= 0.6 is 11.8 Å². The summed E-state index contributed by atoms with van der Waals surface area (Å²) in [5, 5.41) is 0. The van der Waals surface area contributed by atoms with E-state index in [-0.39, 0.29) is 0 Å². The van der Waals surface area contributed by atoms with Crippen LogP contribution in [0.5, 0.6) is 0 Å². The Bertz CT molecular complexity index is 3100. The summed E-state index contributed by atoms with van der Waals surface area (Å²) in [4.78, 5) is 20.2. The molecular weight excluding hydrogens is 1220 g/mol. The molecule has 98 heavy (non-hydrogen) atoms. The number of likely N-dealkylation sites (N-methyl/N-ethyl adjacent to an activating group) is 3. The van der Waals surface area contributed by atoms with E-state index < -0.39 is 0 Å². The van der Waals surface area contributed by atoms with E-state index >= 15 is 0 Å². The van der Waals surface area contributed by atoms with Gasteiger partial charge in [-0.05, 0) is 300 Å². The van der Waals surface area contributed by atoms with Gasteiger partial charge in [0.25, 0.3) is 0 Å². The molecule has 10 heteroatoms. The highest BCUT2D eigenvalue weighted by Crippen LogP contribution is 2.50. The second-order valence-electron chi connectivity index (χ2n) is 34.8. The lowest BCUT2D eigenvalue weighted by Gasteiger charge is -2.45. The summed E-state index contributed by atoms with van der Waals surface area (Å²) in [6.07, 6.45) is 26.7. The van der Waals surface area contributed by atoms with Crippen LogP contribution in [0, 0.1) is 47.3 Å². The molecule has 19 rings (SSSR count). The smallest absolute Gasteiger partial charge is 0.0625 e. The van der Waals surface area contributed by atoms with Gasteiger partial charge in [0.15, 0.2) is 0 Å². The summed E-state index contributed by atoms with van der Waals surface area (Å²) in [6, 6.07) is 45.8. The van der Waals surface area contributed by atoms with Crippen LogP contribution in [0.1, 0.15) is 220 Å². The number of nitrogens with zero attached hydrogens (tertiary/aromatic N) is 8.